The topological polar surface area (TPSA) is 382 Å². The summed E-state index contributed by atoms with van der Waals surface area (Å²) in [6.45, 7) is 2.62. The number of unbranched alkanes of at least 4 members (excludes halogenated alkanes) is 5. The molecule has 4 aliphatic rings. The molecule has 0 bridgehead atoms. The number of carbonyl (C=O) groups is 4. The first-order chi connectivity index (χ1) is 35.9. The summed E-state index contributed by atoms with van der Waals surface area (Å²) in [7, 11) is 0. The Morgan fingerprint density at radius 2 is 1.04 bits per heavy atom. The van der Waals surface area contributed by atoms with Gasteiger partial charge >= 0.3 is 0 Å². The number of ether oxygens (including phenoxy) is 8. The van der Waals surface area contributed by atoms with E-state index in [4.69, 9.17) is 42.1 Å². The molecular formula is C48H76N4O22S. The summed E-state index contributed by atoms with van der Waals surface area (Å²) in [4.78, 5) is 51.3. The minimum atomic E-state index is -1.94. The molecule has 0 aromatic heterocycles. The number of para-hydroxylation sites is 1. The molecule has 27 heteroatoms. The summed E-state index contributed by atoms with van der Waals surface area (Å²) in [5.41, 5.74) is 0.0469. The van der Waals surface area contributed by atoms with Crippen molar-refractivity contribution in [1.29, 1.82) is 0 Å². The van der Waals surface area contributed by atoms with Gasteiger partial charge in [0.15, 0.2) is 25.2 Å². The van der Waals surface area contributed by atoms with Gasteiger partial charge in [-0.25, -0.2) is 0 Å². The van der Waals surface area contributed by atoms with Gasteiger partial charge in [-0.3, -0.25) is 19.2 Å². The average molecular weight is 1090 g/mol. The molecule has 13 N–H and O–H groups in total. The maximum atomic E-state index is 14.0. The molecule has 1 aromatic rings. The lowest BCUT2D eigenvalue weighted by Gasteiger charge is -2.51. The normalized spacial score (nSPS) is 36.1. The van der Waals surface area contributed by atoms with Crippen LogP contribution in [0.4, 0.5) is 0 Å². The minimum Gasteiger partial charge on any atom is -0.493 e. The standard InChI is InChI=1S/C48H76N4O22S/c1-5-6-7-8-9-10-11-12-15-18-66-27-17-14-13-16-26(27)44(64)52-33-37(60)36(59)28(19-53)69-46(33)72-41-29(20-54)70-47(34(39(41)62)50-24(3)57)73-42-30(21-55)71-48(35(40(42)63)51-25(4)58)74-43-31(22-67-75)68-45(65)32(38(43)61)49-23(2)56/h10-11,13-14,16-17,28-43,45-48,53-55,59-63,65,75H,5-9,12,15,18-22H2,1-4H3,(H,49,56)(H,50,57)(H,51,58)(H,52,64)/b11-10-. The lowest BCUT2D eigenvalue weighted by atomic mass is 9.93. The summed E-state index contributed by atoms with van der Waals surface area (Å²) in [5.74, 6) is -2.73. The molecule has 426 valence electrons. The van der Waals surface area contributed by atoms with Gasteiger partial charge in [-0.1, -0.05) is 50.5 Å². The van der Waals surface area contributed by atoms with Crippen molar-refractivity contribution in [2.24, 2.45) is 0 Å². The van der Waals surface area contributed by atoms with E-state index in [1.165, 1.54) is 18.9 Å². The van der Waals surface area contributed by atoms with Crippen molar-refractivity contribution in [1.82, 2.24) is 21.3 Å². The maximum Gasteiger partial charge on any atom is 0.255 e. The first-order valence-electron chi connectivity index (χ1n) is 25.1. The first kappa shape index (κ1) is 62.2. The highest BCUT2D eigenvalue weighted by Gasteiger charge is 2.56. The van der Waals surface area contributed by atoms with Crippen LogP contribution in [0.5, 0.6) is 5.75 Å². The molecule has 20 atom stereocenters. The van der Waals surface area contributed by atoms with Gasteiger partial charge in [0, 0.05) is 20.8 Å². The molecule has 4 fully saturated rings. The van der Waals surface area contributed by atoms with Crippen molar-refractivity contribution in [2.75, 3.05) is 33.0 Å². The summed E-state index contributed by atoms with van der Waals surface area (Å²) in [5, 5.41) is 110. The molecule has 4 aliphatic heterocycles. The molecule has 4 heterocycles. The summed E-state index contributed by atoms with van der Waals surface area (Å²) >= 11 is 3.73. The maximum absolute atomic E-state index is 14.0. The number of rotatable bonds is 26. The number of hydrogen-bond donors (Lipinski definition) is 14. The largest absolute Gasteiger partial charge is 0.493 e. The number of amides is 4. The van der Waals surface area contributed by atoms with Crippen LogP contribution in [0, 0.1) is 0 Å². The fourth-order valence-corrected chi connectivity index (χ4v) is 9.46. The van der Waals surface area contributed by atoms with Crippen LogP contribution < -0.4 is 26.0 Å². The van der Waals surface area contributed by atoms with Crippen LogP contribution in [0.2, 0.25) is 0 Å². The zero-order valence-electron chi connectivity index (χ0n) is 42.3. The fourth-order valence-electron chi connectivity index (χ4n) is 9.31. The van der Waals surface area contributed by atoms with Crippen LogP contribution in [-0.2, 0) is 51.7 Å². The summed E-state index contributed by atoms with van der Waals surface area (Å²) in [6, 6.07) is -0.0286. The van der Waals surface area contributed by atoms with E-state index in [2.05, 4.69) is 53.3 Å². The van der Waals surface area contributed by atoms with Crippen LogP contribution in [0.15, 0.2) is 36.4 Å². The Morgan fingerprint density at radius 3 is 1.55 bits per heavy atom. The van der Waals surface area contributed by atoms with Gasteiger partial charge in [-0.05, 0) is 50.7 Å². The Bertz CT molecular complexity index is 1980. The van der Waals surface area contributed by atoms with E-state index in [1.807, 2.05) is 0 Å². The number of aliphatic hydroxyl groups is 9. The third kappa shape index (κ3) is 16.7. The monoisotopic (exact) mass is 1090 g/mol. The molecule has 0 aliphatic carbocycles. The SMILES string of the molecule is CCCCCC/C=C\CCCOc1ccccc1C(=O)NC1C(OC2C(CO)OC(OC3C(CO)OC(OC4C(COS)OC(O)C(NC(C)=O)C4O)C(NC(C)=O)C3O)C(NC(C)=O)C2O)OC(CO)C(O)C1O. The second-order valence-corrected chi connectivity index (χ2v) is 19.0. The smallest absolute Gasteiger partial charge is 0.255 e. The average Bonchev–Trinajstić information content (AvgIpc) is 3.37. The van der Waals surface area contributed by atoms with Crippen LogP contribution in [-0.4, -0.2) is 225 Å². The molecule has 0 saturated carbocycles. The van der Waals surface area contributed by atoms with Crippen molar-refractivity contribution in [3.63, 3.8) is 0 Å². The van der Waals surface area contributed by atoms with Gasteiger partial charge < -0.3 is 109 Å². The number of nitrogens with one attached hydrogen (secondary N) is 4. The quantitative estimate of drug-likeness (QED) is 0.0187. The second kappa shape index (κ2) is 30.5. The highest BCUT2D eigenvalue weighted by atomic mass is 32.1. The van der Waals surface area contributed by atoms with Gasteiger partial charge in [0.2, 0.25) is 17.7 Å². The van der Waals surface area contributed by atoms with E-state index >= 15 is 0 Å². The lowest BCUT2D eigenvalue weighted by molar-refractivity contribution is -0.361. The van der Waals surface area contributed by atoms with Crippen LogP contribution >= 0.6 is 12.9 Å². The molecule has 75 heavy (non-hydrogen) atoms. The number of allylic oxidation sites excluding steroid dienone is 2. The third-order valence-corrected chi connectivity index (χ3v) is 13.2. The van der Waals surface area contributed by atoms with Crippen LogP contribution in [0.25, 0.3) is 0 Å². The zero-order valence-corrected chi connectivity index (χ0v) is 43.2. The molecule has 0 radical (unpaired) electrons. The van der Waals surface area contributed by atoms with Crippen molar-refractivity contribution < 1.29 is 107 Å². The molecule has 5 rings (SSSR count). The molecule has 4 amide bonds. The third-order valence-electron chi connectivity index (χ3n) is 13.1. The molecule has 1 aromatic carbocycles. The lowest BCUT2D eigenvalue weighted by Crippen LogP contribution is -2.71. The van der Waals surface area contributed by atoms with Gasteiger partial charge in [0.05, 0.1) is 38.6 Å². The summed E-state index contributed by atoms with van der Waals surface area (Å²) < 4.78 is 52.8. The number of thiol groups is 1. The molecule has 20 unspecified atom stereocenters. The Balaban J connectivity index is 1.35. The van der Waals surface area contributed by atoms with E-state index in [0.29, 0.717) is 6.42 Å². The van der Waals surface area contributed by atoms with Gasteiger partial charge in [0.1, 0.15) is 103 Å². The first-order valence-corrected chi connectivity index (χ1v) is 25.5. The van der Waals surface area contributed by atoms with Crippen molar-refractivity contribution >= 4 is 36.5 Å². The minimum absolute atomic E-state index is 0.0469. The Labute approximate surface area is 439 Å². The molecular weight excluding hydrogens is 1020 g/mol. The Morgan fingerprint density at radius 1 is 0.573 bits per heavy atom. The van der Waals surface area contributed by atoms with Gasteiger partial charge in [-0.15, -0.1) is 0 Å². The predicted octanol–water partition coefficient (Wildman–Crippen LogP) is -3.32. The van der Waals surface area contributed by atoms with E-state index in [-0.39, 0.29) is 17.9 Å². The summed E-state index contributed by atoms with van der Waals surface area (Å²) in [6.07, 6.45) is -16.0. The van der Waals surface area contributed by atoms with Crippen molar-refractivity contribution in [2.45, 2.75) is 195 Å². The van der Waals surface area contributed by atoms with E-state index in [1.54, 1.807) is 18.2 Å². The predicted molar refractivity (Wildman–Crippen MR) is 261 cm³/mol. The van der Waals surface area contributed by atoms with E-state index in [9.17, 15) is 65.1 Å². The fraction of sp³-hybridized carbons (Fsp3) is 0.750. The highest BCUT2D eigenvalue weighted by molar-refractivity contribution is 7.75. The Hall–Kier alpha value is -3.69. The van der Waals surface area contributed by atoms with Crippen molar-refractivity contribution in [3.8, 4) is 5.75 Å². The number of aliphatic hydroxyl groups excluding tert-OH is 9. The number of carbonyl (C=O) groups excluding carboxylic acids is 4. The van der Waals surface area contributed by atoms with Gasteiger partial charge in [-0.2, -0.15) is 0 Å². The van der Waals surface area contributed by atoms with Crippen LogP contribution in [0.1, 0.15) is 83.0 Å². The number of benzene rings is 1. The number of hydrogen-bond acceptors (Lipinski definition) is 23. The molecule has 4 saturated heterocycles. The van der Waals surface area contributed by atoms with E-state index in [0.717, 1.165) is 46.5 Å². The van der Waals surface area contributed by atoms with Crippen molar-refractivity contribution in [3.05, 3.63) is 42.0 Å². The zero-order chi connectivity index (χ0) is 54.9. The molecule has 26 nitrogen and oxygen atoms in total. The second-order valence-electron chi connectivity index (χ2n) is 18.8. The Kier molecular flexibility index (Phi) is 25.2. The van der Waals surface area contributed by atoms with Crippen LogP contribution in [0.3, 0.4) is 0 Å². The molecule has 0 spiro atoms. The highest BCUT2D eigenvalue weighted by Crippen LogP contribution is 2.35. The van der Waals surface area contributed by atoms with Gasteiger partial charge in [0.25, 0.3) is 5.91 Å². The van der Waals surface area contributed by atoms with E-state index < -0.39 is 173 Å².